The van der Waals surface area contributed by atoms with Gasteiger partial charge in [-0.15, -0.1) is 0 Å². The molecule has 0 fully saturated rings. The van der Waals surface area contributed by atoms with Gasteiger partial charge in [-0.2, -0.15) is 5.10 Å². The smallest absolute Gasteiger partial charge is 0.410 e. The molecular weight excluding hydrogens is 649 g/mol. The van der Waals surface area contributed by atoms with Crippen molar-refractivity contribution in [1.29, 1.82) is 0 Å². The van der Waals surface area contributed by atoms with Crippen molar-refractivity contribution in [2.45, 2.75) is 65.0 Å². The molecular formula is C37H39Cl2N5O4. The number of aliphatic hydroxyl groups is 1. The van der Waals surface area contributed by atoms with Crippen LogP contribution >= 0.6 is 23.2 Å². The highest BCUT2D eigenvalue weighted by Gasteiger charge is 2.25. The SMILES string of the molecule is CC(C)(C)OC(=O)N(Cc1ccc(Cl)cc1)Cc1ccc(C#Cc2cc(-c3n[nH]c4c3CN(CCC(O)C(N)=O)CC4)ccc2Cl)cc1. The van der Waals surface area contributed by atoms with Crippen LogP contribution < -0.4 is 5.73 Å². The summed E-state index contributed by atoms with van der Waals surface area (Å²) >= 11 is 12.6. The predicted octanol–water partition coefficient (Wildman–Crippen LogP) is 6.32. The van der Waals surface area contributed by atoms with E-state index in [-0.39, 0.29) is 6.42 Å². The van der Waals surface area contributed by atoms with E-state index in [1.54, 1.807) is 17.0 Å². The first-order chi connectivity index (χ1) is 22.8. The Balaban J connectivity index is 1.29. The first-order valence-electron chi connectivity index (χ1n) is 15.7. The van der Waals surface area contributed by atoms with E-state index in [0.29, 0.717) is 41.8 Å². The fourth-order valence-corrected chi connectivity index (χ4v) is 5.66. The minimum absolute atomic E-state index is 0.283. The molecule has 0 saturated carbocycles. The van der Waals surface area contributed by atoms with Gasteiger partial charge in [-0.1, -0.05) is 65.4 Å². The molecule has 1 atom stereocenters. The quantitative estimate of drug-likeness (QED) is 0.177. The lowest BCUT2D eigenvalue weighted by Gasteiger charge is -2.27. The Morgan fingerprint density at radius 1 is 1.04 bits per heavy atom. The molecule has 1 aliphatic heterocycles. The van der Waals surface area contributed by atoms with E-state index in [1.807, 2.05) is 75.4 Å². The molecule has 0 bridgehead atoms. The average Bonchev–Trinajstić information content (AvgIpc) is 3.47. The maximum atomic E-state index is 13.1. The lowest BCUT2D eigenvalue weighted by molar-refractivity contribution is -0.126. The van der Waals surface area contributed by atoms with Gasteiger partial charge in [-0.3, -0.25) is 19.7 Å². The summed E-state index contributed by atoms with van der Waals surface area (Å²) in [6.45, 7) is 8.24. The van der Waals surface area contributed by atoms with E-state index >= 15 is 0 Å². The number of fused-ring (bicyclic) bond motifs is 1. The fraction of sp³-hybridized carbons (Fsp3) is 0.324. The molecule has 0 radical (unpaired) electrons. The zero-order valence-electron chi connectivity index (χ0n) is 27.2. The Morgan fingerprint density at radius 2 is 1.71 bits per heavy atom. The number of H-pyrrole nitrogens is 1. The molecule has 48 heavy (non-hydrogen) atoms. The van der Waals surface area contributed by atoms with E-state index in [0.717, 1.165) is 52.2 Å². The highest BCUT2D eigenvalue weighted by atomic mass is 35.5. The van der Waals surface area contributed by atoms with Gasteiger partial charge in [0.25, 0.3) is 0 Å². The number of rotatable bonds is 9. The van der Waals surface area contributed by atoms with E-state index in [2.05, 4.69) is 26.9 Å². The van der Waals surface area contributed by atoms with Crippen LogP contribution in [0.5, 0.6) is 0 Å². The van der Waals surface area contributed by atoms with Crippen molar-refractivity contribution in [3.8, 4) is 23.1 Å². The van der Waals surface area contributed by atoms with Crippen molar-refractivity contribution in [3.63, 3.8) is 0 Å². The molecule has 1 aromatic heterocycles. The highest BCUT2D eigenvalue weighted by molar-refractivity contribution is 6.31. The van der Waals surface area contributed by atoms with Gasteiger partial charge in [-0.25, -0.2) is 4.79 Å². The molecule has 250 valence electrons. The van der Waals surface area contributed by atoms with Crippen LogP contribution in [0.3, 0.4) is 0 Å². The Hall–Kier alpha value is -4.33. The number of ether oxygens (including phenoxy) is 1. The largest absolute Gasteiger partial charge is 0.444 e. The number of hydrogen-bond acceptors (Lipinski definition) is 6. The van der Waals surface area contributed by atoms with Gasteiger partial charge in [-0.05, 0) is 74.7 Å². The van der Waals surface area contributed by atoms with Crippen LogP contribution in [0.25, 0.3) is 11.3 Å². The molecule has 0 spiro atoms. The number of halogens is 2. The lowest BCUT2D eigenvalue weighted by Crippen LogP contribution is -2.36. The lowest BCUT2D eigenvalue weighted by atomic mass is 9.99. The van der Waals surface area contributed by atoms with Gasteiger partial charge >= 0.3 is 6.09 Å². The van der Waals surface area contributed by atoms with Crippen molar-refractivity contribution < 1.29 is 19.4 Å². The number of nitrogens with zero attached hydrogens (tertiary/aromatic N) is 3. The van der Waals surface area contributed by atoms with Gasteiger partial charge in [0.2, 0.25) is 5.91 Å². The number of aromatic amines is 1. The van der Waals surface area contributed by atoms with Crippen LogP contribution in [-0.4, -0.2) is 61.9 Å². The number of hydrogen-bond donors (Lipinski definition) is 3. The number of nitrogens with two attached hydrogens (primary N) is 1. The number of aliphatic hydroxyl groups excluding tert-OH is 1. The number of primary amides is 1. The van der Waals surface area contributed by atoms with Crippen molar-refractivity contribution in [1.82, 2.24) is 20.0 Å². The summed E-state index contributed by atoms with van der Waals surface area (Å²) in [5.41, 5.74) is 11.8. The second-order valence-corrected chi connectivity index (χ2v) is 13.7. The second-order valence-electron chi connectivity index (χ2n) is 12.9. The summed E-state index contributed by atoms with van der Waals surface area (Å²) in [7, 11) is 0. The molecule has 4 N–H and O–H groups in total. The molecule has 2 amide bonds. The monoisotopic (exact) mass is 687 g/mol. The Kier molecular flexibility index (Phi) is 11.1. The first kappa shape index (κ1) is 35.0. The van der Waals surface area contributed by atoms with Gasteiger partial charge in [0.15, 0.2) is 0 Å². The van der Waals surface area contributed by atoms with Crippen LogP contribution in [-0.2, 0) is 35.6 Å². The maximum Gasteiger partial charge on any atom is 0.410 e. The van der Waals surface area contributed by atoms with Gasteiger partial charge < -0.3 is 15.6 Å². The minimum atomic E-state index is -1.16. The summed E-state index contributed by atoms with van der Waals surface area (Å²) in [6.07, 6.45) is -0.494. The zero-order valence-corrected chi connectivity index (χ0v) is 28.7. The number of amides is 2. The molecule has 1 aliphatic rings. The number of aromatic nitrogens is 2. The Bertz CT molecular complexity index is 1820. The van der Waals surface area contributed by atoms with Crippen molar-refractivity contribution in [2.75, 3.05) is 13.1 Å². The highest BCUT2D eigenvalue weighted by Crippen LogP contribution is 2.31. The van der Waals surface area contributed by atoms with Gasteiger partial charge in [0.1, 0.15) is 11.7 Å². The number of benzene rings is 3. The molecule has 3 aromatic carbocycles. The predicted molar refractivity (Wildman–Crippen MR) is 187 cm³/mol. The molecule has 1 unspecified atom stereocenters. The van der Waals surface area contributed by atoms with Gasteiger partial charge in [0.05, 0.1) is 10.7 Å². The van der Waals surface area contributed by atoms with E-state index < -0.39 is 23.7 Å². The van der Waals surface area contributed by atoms with Crippen LogP contribution in [0.4, 0.5) is 4.79 Å². The summed E-state index contributed by atoms with van der Waals surface area (Å²) in [5, 5.41) is 18.8. The van der Waals surface area contributed by atoms with Crippen LogP contribution in [0.1, 0.15) is 60.7 Å². The number of carbonyl (C=O) groups excluding carboxylic acids is 2. The molecule has 11 heteroatoms. The zero-order chi connectivity index (χ0) is 34.4. The van der Waals surface area contributed by atoms with E-state index in [9.17, 15) is 14.7 Å². The van der Waals surface area contributed by atoms with Crippen LogP contribution in [0.2, 0.25) is 10.0 Å². The Labute approximate surface area is 291 Å². The van der Waals surface area contributed by atoms with Crippen molar-refractivity contribution in [3.05, 3.63) is 110 Å². The number of carbonyl (C=O) groups is 2. The second kappa shape index (κ2) is 15.3. The third-order valence-electron chi connectivity index (χ3n) is 7.91. The number of nitrogens with one attached hydrogen (secondary N) is 1. The van der Waals surface area contributed by atoms with E-state index in [4.69, 9.17) is 33.7 Å². The minimum Gasteiger partial charge on any atom is -0.444 e. The fourth-order valence-electron chi connectivity index (χ4n) is 5.37. The summed E-state index contributed by atoms with van der Waals surface area (Å²) in [6, 6.07) is 20.8. The summed E-state index contributed by atoms with van der Waals surface area (Å²) in [5.74, 6) is 5.71. The van der Waals surface area contributed by atoms with E-state index in [1.165, 1.54) is 0 Å². The van der Waals surface area contributed by atoms with Crippen molar-refractivity contribution in [2.24, 2.45) is 5.73 Å². The molecule has 2 heterocycles. The maximum absolute atomic E-state index is 13.1. The standard InChI is InChI=1S/C37H39Cl2N5O4/c1-37(2,3)48-36(47)44(22-26-9-13-29(38)14-10-26)21-25-6-4-24(5-7-25)8-11-27-20-28(12-15-31(27)39)34-30-23-43(18-16-32(30)41-42-34)19-17-33(45)35(40)46/h4-7,9-10,12-15,20,33,45H,16-19,21-23H2,1-3H3,(H2,40,46)(H,41,42). The third kappa shape index (κ3) is 9.39. The first-order valence-corrected chi connectivity index (χ1v) is 16.5. The summed E-state index contributed by atoms with van der Waals surface area (Å²) in [4.78, 5) is 28.2. The van der Waals surface area contributed by atoms with Gasteiger partial charge in [0, 0.05) is 72.1 Å². The molecule has 0 saturated heterocycles. The Morgan fingerprint density at radius 3 is 2.35 bits per heavy atom. The van der Waals surface area contributed by atoms with Crippen LogP contribution in [0, 0.1) is 11.8 Å². The molecule has 0 aliphatic carbocycles. The molecule has 9 nitrogen and oxygen atoms in total. The van der Waals surface area contributed by atoms with Crippen LogP contribution in [0.15, 0.2) is 66.7 Å². The molecule has 4 aromatic rings. The average molecular weight is 689 g/mol. The third-order valence-corrected chi connectivity index (χ3v) is 8.49. The topological polar surface area (TPSA) is 125 Å². The molecule has 5 rings (SSSR count). The summed E-state index contributed by atoms with van der Waals surface area (Å²) < 4.78 is 5.68. The normalized spacial score (nSPS) is 13.6. The van der Waals surface area contributed by atoms with Crippen molar-refractivity contribution >= 4 is 35.2 Å².